The van der Waals surface area contributed by atoms with E-state index in [2.05, 4.69) is 12.6 Å². The Bertz CT molecular complexity index is 272. The molecule has 106 valence electrons. The van der Waals surface area contributed by atoms with Gasteiger partial charge < -0.3 is 9.47 Å². The summed E-state index contributed by atoms with van der Waals surface area (Å²) in [6.45, 7) is 7.80. The molecule has 0 rings (SSSR count). The van der Waals surface area contributed by atoms with Crippen LogP contribution >= 0.6 is 12.6 Å². The standard InChI is InChI=1S/C13H24O4S/c1-5-13(6-2,8-16-11(4)14)9-17-12(15)7-10(3)18/h10,18H,5-9H2,1-4H3. The molecule has 0 saturated heterocycles. The van der Waals surface area contributed by atoms with E-state index in [1.165, 1.54) is 6.92 Å². The third-order valence-corrected chi connectivity index (χ3v) is 3.27. The average molecular weight is 276 g/mol. The Kier molecular flexibility index (Phi) is 8.07. The molecule has 18 heavy (non-hydrogen) atoms. The SMILES string of the molecule is CCC(CC)(COC(C)=O)COC(=O)CC(C)S. The second-order valence-electron chi connectivity index (χ2n) is 4.70. The molecule has 0 spiro atoms. The van der Waals surface area contributed by atoms with E-state index in [-0.39, 0.29) is 29.2 Å². The number of carbonyl (C=O) groups excluding carboxylic acids is 2. The molecule has 0 heterocycles. The van der Waals surface area contributed by atoms with Gasteiger partial charge in [-0.25, -0.2) is 0 Å². The first-order chi connectivity index (χ1) is 8.35. The summed E-state index contributed by atoms with van der Waals surface area (Å²) in [4.78, 5) is 22.4. The van der Waals surface area contributed by atoms with E-state index < -0.39 is 0 Å². The number of hydrogen-bond acceptors (Lipinski definition) is 5. The van der Waals surface area contributed by atoms with Crippen LogP contribution in [0.1, 0.15) is 47.0 Å². The number of esters is 2. The van der Waals surface area contributed by atoms with Gasteiger partial charge in [0.15, 0.2) is 0 Å². The molecule has 0 aliphatic carbocycles. The number of thiol groups is 1. The number of rotatable bonds is 8. The smallest absolute Gasteiger partial charge is 0.306 e. The molecule has 0 fully saturated rings. The van der Waals surface area contributed by atoms with Crippen molar-refractivity contribution in [3.8, 4) is 0 Å². The van der Waals surface area contributed by atoms with Crippen molar-refractivity contribution >= 4 is 24.6 Å². The summed E-state index contributed by atoms with van der Waals surface area (Å²) in [5.74, 6) is -0.566. The second-order valence-corrected chi connectivity index (χ2v) is 5.58. The fraction of sp³-hybridized carbons (Fsp3) is 0.846. The van der Waals surface area contributed by atoms with Crippen molar-refractivity contribution in [1.82, 2.24) is 0 Å². The Morgan fingerprint density at radius 2 is 1.67 bits per heavy atom. The van der Waals surface area contributed by atoms with Crippen LogP contribution in [0.5, 0.6) is 0 Å². The van der Waals surface area contributed by atoms with Crippen LogP contribution in [-0.4, -0.2) is 30.4 Å². The first-order valence-corrected chi connectivity index (χ1v) is 6.84. The lowest BCUT2D eigenvalue weighted by Gasteiger charge is -2.30. The first-order valence-electron chi connectivity index (χ1n) is 6.32. The molecule has 0 aromatic rings. The molecular weight excluding hydrogens is 252 g/mol. The monoisotopic (exact) mass is 276 g/mol. The van der Waals surface area contributed by atoms with Crippen LogP contribution < -0.4 is 0 Å². The number of carbonyl (C=O) groups is 2. The highest BCUT2D eigenvalue weighted by Crippen LogP contribution is 2.27. The largest absolute Gasteiger partial charge is 0.465 e. The van der Waals surface area contributed by atoms with Crippen molar-refractivity contribution in [2.75, 3.05) is 13.2 Å². The molecule has 0 amide bonds. The van der Waals surface area contributed by atoms with Gasteiger partial charge in [-0.3, -0.25) is 9.59 Å². The van der Waals surface area contributed by atoms with Gasteiger partial charge in [-0.05, 0) is 12.8 Å². The van der Waals surface area contributed by atoms with Crippen molar-refractivity contribution in [3.05, 3.63) is 0 Å². The van der Waals surface area contributed by atoms with Gasteiger partial charge >= 0.3 is 11.9 Å². The highest BCUT2D eigenvalue weighted by Gasteiger charge is 2.29. The predicted molar refractivity (Wildman–Crippen MR) is 73.7 cm³/mol. The molecule has 0 aliphatic rings. The summed E-state index contributed by atoms with van der Waals surface area (Å²) >= 11 is 4.15. The Balaban J connectivity index is 4.33. The highest BCUT2D eigenvalue weighted by molar-refractivity contribution is 7.80. The zero-order valence-electron chi connectivity index (χ0n) is 11.7. The summed E-state index contributed by atoms with van der Waals surface area (Å²) in [6, 6.07) is 0. The van der Waals surface area contributed by atoms with Gasteiger partial charge in [-0.2, -0.15) is 12.6 Å². The topological polar surface area (TPSA) is 52.6 Å². The lowest BCUT2D eigenvalue weighted by Crippen LogP contribution is -2.33. The Hall–Kier alpha value is -0.710. The van der Waals surface area contributed by atoms with Crippen LogP contribution in [-0.2, 0) is 19.1 Å². The van der Waals surface area contributed by atoms with Gasteiger partial charge in [-0.15, -0.1) is 0 Å². The molecule has 5 heteroatoms. The van der Waals surface area contributed by atoms with Crippen LogP contribution in [0.15, 0.2) is 0 Å². The average Bonchev–Trinajstić information content (AvgIpc) is 2.29. The lowest BCUT2D eigenvalue weighted by atomic mass is 9.84. The highest BCUT2D eigenvalue weighted by atomic mass is 32.1. The second kappa shape index (κ2) is 8.40. The maximum Gasteiger partial charge on any atom is 0.306 e. The minimum atomic E-state index is -0.309. The van der Waals surface area contributed by atoms with Crippen molar-refractivity contribution in [1.29, 1.82) is 0 Å². The summed E-state index contributed by atoms with van der Waals surface area (Å²) in [5.41, 5.74) is -0.277. The predicted octanol–water partition coefficient (Wildman–Crippen LogP) is 2.61. The van der Waals surface area contributed by atoms with Crippen LogP contribution in [0.4, 0.5) is 0 Å². The van der Waals surface area contributed by atoms with Crippen LogP contribution in [0.25, 0.3) is 0 Å². The van der Waals surface area contributed by atoms with E-state index in [0.29, 0.717) is 13.0 Å². The molecule has 0 aromatic carbocycles. The van der Waals surface area contributed by atoms with Crippen molar-refractivity contribution < 1.29 is 19.1 Å². The quantitative estimate of drug-likeness (QED) is 0.547. The minimum Gasteiger partial charge on any atom is -0.465 e. The molecule has 0 N–H and O–H groups in total. The van der Waals surface area contributed by atoms with E-state index in [4.69, 9.17) is 9.47 Å². The lowest BCUT2D eigenvalue weighted by molar-refractivity contribution is -0.153. The zero-order chi connectivity index (χ0) is 14.2. The summed E-state index contributed by atoms with van der Waals surface area (Å²) in [5, 5.41) is -0.0105. The van der Waals surface area contributed by atoms with E-state index in [9.17, 15) is 9.59 Å². The number of hydrogen-bond donors (Lipinski definition) is 1. The molecule has 1 atom stereocenters. The molecule has 0 bridgehead atoms. The van der Waals surface area contributed by atoms with Crippen molar-refractivity contribution in [3.63, 3.8) is 0 Å². The van der Waals surface area contributed by atoms with E-state index in [1.54, 1.807) is 0 Å². The van der Waals surface area contributed by atoms with Crippen LogP contribution in [0.2, 0.25) is 0 Å². The van der Waals surface area contributed by atoms with Crippen molar-refractivity contribution in [2.24, 2.45) is 5.41 Å². The van der Waals surface area contributed by atoms with Gasteiger partial charge in [0.1, 0.15) is 13.2 Å². The Morgan fingerprint density at radius 3 is 2.06 bits per heavy atom. The molecule has 0 aromatic heterocycles. The van der Waals surface area contributed by atoms with Gasteiger partial charge in [-0.1, -0.05) is 20.8 Å². The summed E-state index contributed by atoms with van der Waals surface area (Å²) in [7, 11) is 0. The van der Waals surface area contributed by atoms with Gasteiger partial charge in [0, 0.05) is 17.6 Å². The summed E-state index contributed by atoms with van der Waals surface area (Å²) in [6.07, 6.45) is 1.88. The van der Waals surface area contributed by atoms with E-state index >= 15 is 0 Å². The number of ether oxygens (including phenoxy) is 2. The van der Waals surface area contributed by atoms with E-state index in [1.807, 2.05) is 20.8 Å². The maximum atomic E-state index is 11.5. The molecule has 0 radical (unpaired) electrons. The molecule has 1 unspecified atom stereocenters. The van der Waals surface area contributed by atoms with Crippen LogP contribution in [0, 0.1) is 5.41 Å². The fourth-order valence-corrected chi connectivity index (χ4v) is 1.64. The van der Waals surface area contributed by atoms with Gasteiger partial charge in [0.2, 0.25) is 0 Å². The van der Waals surface area contributed by atoms with Gasteiger partial charge in [0.05, 0.1) is 6.42 Å². The normalized spacial score (nSPS) is 12.9. The zero-order valence-corrected chi connectivity index (χ0v) is 12.6. The van der Waals surface area contributed by atoms with Crippen LogP contribution in [0.3, 0.4) is 0 Å². The first kappa shape index (κ1) is 17.3. The van der Waals surface area contributed by atoms with Crippen molar-refractivity contribution in [2.45, 2.75) is 52.2 Å². The third kappa shape index (κ3) is 6.89. The maximum absolute atomic E-state index is 11.5. The molecule has 0 saturated carbocycles. The third-order valence-electron chi connectivity index (χ3n) is 3.08. The molecular formula is C13H24O4S. The Labute approximate surface area is 115 Å². The van der Waals surface area contributed by atoms with E-state index in [0.717, 1.165) is 12.8 Å². The molecule has 4 nitrogen and oxygen atoms in total. The minimum absolute atomic E-state index is 0.0105. The van der Waals surface area contributed by atoms with Gasteiger partial charge in [0.25, 0.3) is 0 Å². The fourth-order valence-electron chi connectivity index (χ4n) is 1.49. The Morgan fingerprint density at radius 1 is 1.17 bits per heavy atom. The molecule has 0 aliphatic heterocycles. The summed E-state index contributed by atoms with van der Waals surface area (Å²) < 4.78 is 10.3.